The molecule has 1 aliphatic heterocycles. The number of carbonyl (C=O) groups excluding carboxylic acids is 1. The molecule has 1 aromatic rings. The summed E-state index contributed by atoms with van der Waals surface area (Å²) in [6.07, 6.45) is 7.51. The van der Waals surface area contributed by atoms with Gasteiger partial charge in [0, 0.05) is 32.6 Å². The molecular weight excluding hydrogens is 457 g/mol. The van der Waals surface area contributed by atoms with Gasteiger partial charge in [0.25, 0.3) is 0 Å². The van der Waals surface area contributed by atoms with Gasteiger partial charge < -0.3 is 20.5 Å². The number of aromatic nitrogens is 3. The maximum absolute atomic E-state index is 11.3. The van der Waals surface area contributed by atoms with Crippen LogP contribution in [0.15, 0.2) is 4.99 Å². The van der Waals surface area contributed by atoms with E-state index >= 15 is 0 Å². The first-order valence-corrected chi connectivity index (χ1v) is 9.72. The zero-order valence-electron chi connectivity index (χ0n) is 16.4. The molecule has 0 aromatic carbocycles. The number of amides is 1. The Kier molecular flexibility index (Phi) is 8.30. The van der Waals surface area contributed by atoms with Crippen LogP contribution in [0.4, 0.5) is 0 Å². The highest BCUT2D eigenvalue weighted by atomic mass is 127. The van der Waals surface area contributed by atoms with Gasteiger partial charge in [0.15, 0.2) is 11.8 Å². The Morgan fingerprint density at radius 3 is 2.63 bits per heavy atom. The van der Waals surface area contributed by atoms with E-state index in [1.807, 2.05) is 18.5 Å². The zero-order valence-corrected chi connectivity index (χ0v) is 18.7. The number of nitrogens with one attached hydrogen (secondary N) is 1. The monoisotopic (exact) mass is 489 g/mol. The third-order valence-electron chi connectivity index (χ3n) is 5.55. The highest BCUT2D eigenvalue weighted by Gasteiger charge is 2.26. The van der Waals surface area contributed by atoms with Crippen LogP contribution >= 0.6 is 24.0 Å². The van der Waals surface area contributed by atoms with Gasteiger partial charge in [-0.15, -0.1) is 34.2 Å². The average Bonchev–Trinajstić information content (AvgIpc) is 3.23. The Hall–Kier alpha value is -1.39. The largest absolute Gasteiger partial charge is 0.370 e. The van der Waals surface area contributed by atoms with Crippen LogP contribution in [0.2, 0.25) is 0 Å². The Morgan fingerprint density at radius 1 is 1.26 bits per heavy atom. The van der Waals surface area contributed by atoms with Gasteiger partial charge in [-0.05, 0) is 38.5 Å². The summed E-state index contributed by atoms with van der Waals surface area (Å²) < 4.78 is 1.97. The van der Waals surface area contributed by atoms with Gasteiger partial charge >= 0.3 is 0 Å². The maximum atomic E-state index is 11.3. The summed E-state index contributed by atoms with van der Waals surface area (Å²) in [6.45, 7) is 4.24. The van der Waals surface area contributed by atoms with Gasteiger partial charge in [0.2, 0.25) is 5.91 Å². The molecule has 1 saturated carbocycles. The molecule has 1 atom stereocenters. The minimum absolute atomic E-state index is 0. The lowest BCUT2D eigenvalue weighted by atomic mass is 9.95. The number of aryl methyl sites for hydroxylation is 1. The molecular formula is C18H32IN7O. The van der Waals surface area contributed by atoms with Crippen molar-refractivity contribution in [2.24, 2.45) is 23.7 Å². The molecule has 152 valence electrons. The number of nitrogens with zero attached hydrogens (tertiary/aromatic N) is 5. The fourth-order valence-corrected chi connectivity index (χ4v) is 3.93. The Balaban J connectivity index is 0.00000261. The molecule has 1 saturated heterocycles. The van der Waals surface area contributed by atoms with Crippen LogP contribution in [0, 0.1) is 12.8 Å². The van der Waals surface area contributed by atoms with Crippen molar-refractivity contribution in [1.82, 2.24) is 25.0 Å². The molecule has 27 heavy (non-hydrogen) atoms. The predicted molar refractivity (Wildman–Crippen MR) is 116 cm³/mol. The lowest BCUT2D eigenvalue weighted by Gasteiger charge is -2.35. The van der Waals surface area contributed by atoms with Crippen LogP contribution in [0.5, 0.6) is 0 Å². The summed E-state index contributed by atoms with van der Waals surface area (Å²) >= 11 is 0. The first-order chi connectivity index (χ1) is 12.5. The van der Waals surface area contributed by atoms with Crippen molar-refractivity contribution in [1.29, 1.82) is 0 Å². The van der Waals surface area contributed by atoms with Crippen molar-refractivity contribution in [2.75, 3.05) is 13.1 Å². The second kappa shape index (κ2) is 10.2. The molecule has 9 heteroatoms. The number of primary amides is 1. The molecule has 2 aliphatic rings. The number of rotatable bonds is 5. The van der Waals surface area contributed by atoms with E-state index in [4.69, 9.17) is 10.7 Å². The smallest absolute Gasteiger partial charge is 0.217 e. The molecule has 1 aromatic heterocycles. The van der Waals surface area contributed by atoms with E-state index in [1.54, 1.807) is 0 Å². The van der Waals surface area contributed by atoms with E-state index in [9.17, 15) is 4.79 Å². The lowest BCUT2D eigenvalue weighted by molar-refractivity contribution is -0.119. The van der Waals surface area contributed by atoms with Crippen LogP contribution in [0.3, 0.4) is 0 Å². The van der Waals surface area contributed by atoms with Crippen LogP contribution < -0.4 is 11.1 Å². The highest BCUT2D eigenvalue weighted by Crippen LogP contribution is 2.22. The second-order valence-corrected chi connectivity index (χ2v) is 7.61. The van der Waals surface area contributed by atoms with Crippen molar-refractivity contribution >= 4 is 35.8 Å². The summed E-state index contributed by atoms with van der Waals surface area (Å²) in [5, 5.41) is 12.0. The zero-order chi connectivity index (χ0) is 18.5. The van der Waals surface area contributed by atoms with Crippen molar-refractivity contribution in [3.8, 4) is 0 Å². The molecule has 0 bridgehead atoms. The van der Waals surface area contributed by atoms with Crippen molar-refractivity contribution in [3.63, 3.8) is 0 Å². The fraction of sp³-hybridized carbons (Fsp3) is 0.778. The first-order valence-electron chi connectivity index (χ1n) is 9.72. The summed E-state index contributed by atoms with van der Waals surface area (Å²) in [5.41, 5.74) is 5.41. The number of carbonyl (C=O) groups is 1. The average molecular weight is 489 g/mol. The molecule has 2 fully saturated rings. The number of hydrogen-bond donors (Lipinski definition) is 2. The number of likely N-dealkylation sites (tertiary alicyclic amines) is 1. The molecule has 1 aliphatic carbocycles. The van der Waals surface area contributed by atoms with E-state index in [0.29, 0.717) is 24.9 Å². The Labute approximate surface area is 178 Å². The Morgan fingerprint density at radius 2 is 2.00 bits per heavy atom. The fourth-order valence-electron chi connectivity index (χ4n) is 3.93. The molecule has 3 N–H and O–H groups in total. The SMILES string of the molecule is Cc1nnc(CN=C(NC2CCCC2)N2CCCC(CC(N)=O)C2)n1C.I. The van der Waals surface area contributed by atoms with Crippen molar-refractivity contribution in [2.45, 2.75) is 64.5 Å². The summed E-state index contributed by atoms with van der Waals surface area (Å²) in [6, 6.07) is 0.492. The van der Waals surface area contributed by atoms with E-state index < -0.39 is 0 Å². The molecule has 1 amide bonds. The summed E-state index contributed by atoms with van der Waals surface area (Å²) in [4.78, 5) is 18.5. The number of nitrogens with two attached hydrogens (primary N) is 1. The number of guanidine groups is 1. The third-order valence-corrected chi connectivity index (χ3v) is 5.55. The second-order valence-electron chi connectivity index (χ2n) is 7.61. The van der Waals surface area contributed by atoms with Gasteiger partial charge in [0.05, 0.1) is 0 Å². The number of halogens is 1. The first kappa shape index (κ1) is 21.9. The van der Waals surface area contributed by atoms with E-state index in [0.717, 1.165) is 43.5 Å². The number of aliphatic imine (C=N–C) groups is 1. The molecule has 1 unspecified atom stereocenters. The number of piperidine rings is 1. The molecule has 2 heterocycles. The van der Waals surface area contributed by atoms with Crippen LogP contribution in [-0.2, 0) is 18.4 Å². The predicted octanol–water partition coefficient (Wildman–Crippen LogP) is 1.72. The van der Waals surface area contributed by atoms with Crippen LogP contribution in [-0.4, -0.2) is 50.7 Å². The van der Waals surface area contributed by atoms with Gasteiger partial charge in [-0.2, -0.15) is 0 Å². The van der Waals surface area contributed by atoms with Crippen LogP contribution in [0.1, 0.15) is 56.6 Å². The topological polar surface area (TPSA) is 101 Å². The minimum atomic E-state index is -0.214. The van der Waals surface area contributed by atoms with Crippen molar-refractivity contribution < 1.29 is 4.79 Å². The van der Waals surface area contributed by atoms with Crippen molar-refractivity contribution in [3.05, 3.63) is 11.6 Å². The maximum Gasteiger partial charge on any atom is 0.217 e. The highest BCUT2D eigenvalue weighted by molar-refractivity contribution is 14.0. The molecule has 0 spiro atoms. The van der Waals surface area contributed by atoms with E-state index in [-0.39, 0.29) is 29.9 Å². The Bertz CT molecular complexity index is 654. The molecule has 3 rings (SSSR count). The van der Waals surface area contributed by atoms with E-state index in [2.05, 4.69) is 20.4 Å². The van der Waals surface area contributed by atoms with Crippen LogP contribution in [0.25, 0.3) is 0 Å². The standard InChI is InChI=1S/C18H31N7O.HI/c1-13-22-23-17(24(13)2)11-20-18(21-15-7-3-4-8-15)25-9-5-6-14(12-25)10-16(19)26;/h14-15H,3-12H2,1-2H3,(H2,19,26)(H,20,21);1H. The normalized spacial score (nSPS) is 21.2. The van der Waals surface area contributed by atoms with E-state index in [1.165, 1.54) is 25.7 Å². The quantitative estimate of drug-likeness (QED) is 0.373. The minimum Gasteiger partial charge on any atom is -0.370 e. The van der Waals surface area contributed by atoms with Gasteiger partial charge in [0.1, 0.15) is 12.4 Å². The summed E-state index contributed by atoms with van der Waals surface area (Å²) in [7, 11) is 1.97. The van der Waals surface area contributed by atoms with Gasteiger partial charge in [-0.1, -0.05) is 12.8 Å². The lowest BCUT2D eigenvalue weighted by Crippen LogP contribution is -2.49. The van der Waals surface area contributed by atoms with Gasteiger partial charge in [-0.25, -0.2) is 4.99 Å². The summed E-state index contributed by atoms with van der Waals surface area (Å²) in [5.74, 6) is 2.79. The molecule has 8 nitrogen and oxygen atoms in total. The number of hydrogen-bond acceptors (Lipinski definition) is 4. The molecule has 0 radical (unpaired) electrons. The van der Waals surface area contributed by atoms with Gasteiger partial charge in [-0.3, -0.25) is 4.79 Å². The third kappa shape index (κ3) is 6.05.